The van der Waals surface area contributed by atoms with Gasteiger partial charge in [0.1, 0.15) is 0 Å². The second-order valence-corrected chi connectivity index (χ2v) is 7.41. The highest BCUT2D eigenvalue weighted by atomic mass is 15.3. The summed E-state index contributed by atoms with van der Waals surface area (Å²) in [6, 6.07) is 11.4. The van der Waals surface area contributed by atoms with Gasteiger partial charge in [-0.3, -0.25) is 9.89 Å². The van der Waals surface area contributed by atoms with E-state index in [-0.39, 0.29) is 0 Å². The molecule has 1 fully saturated rings. The molecule has 1 heterocycles. The van der Waals surface area contributed by atoms with Crippen LogP contribution in [0.4, 0.5) is 0 Å². The lowest BCUT2D eigenvalue weighted by Gasteiger charge is -2.22. The third-order valence-electron chi connectivity index (χ3n) is 5.12. The number of nitrogens with one attached hydrogen (secondary N) is 1. The normalized spacial score (nSPS) is 21.0. The van der Waals surface area contributed by atoms with Crippen molar-refractivity contribution in [3.63, 3.8) is 0 Å². The van der Waals surface area contributed by atoms with Crippen molar-refractivity contribution in [3.05, 3.63) is 48.6 Å². The summed E-state index contributed by atoms with van der Waals surface area (Å²) in [5.41, 5.74) is 1.40. The molecule has 0 bridgehead atoms. The van der Waals surface area contributed by atoms with E-state index in [9.17, 15) is 0 Å². The number of hydrogen-bond acceptors (Lipinski definition) is 2. The maximum atomic E-state index is 4.93. The predicted molar refractivity (Wildman–Crippen MR) is 112 cm³/mol. The smallest absolute Gasteiger partial charge is 0.193 e. The summed E-state index contributed by atoms with van der Waals surface area (Å²) >= 11 is 0. The first-order valence-electron chi connectivity index (χ1n) is 10.0. The summed E-state index contributed by atoms with van der Waals surface area (Å²) in [5, 5.41) is 3.43. The standard InChI is InChI=1S/C22H36N4/c1-5-7-11-14-25(4)22(23-6-2)24-16-21-15-19(3)26(18-21)17-20-12-9-8-10-13-20/h5,8-10,12-13,19,21H,1,6-7,11,14-18H2,2-4H3,(H,23,24). The lowest BCUT2D eigenvalue weighted by Crippen LogP contribution is -2.39. The van der Waals surface area contributed by atoms with Crippen LogP contribution in [0.1, 0.15) is 38.7 Å². The summed E-state index contributed by atoms with van der Waals surface area (Å²) in [6.07, 6.45) is 5.39. The SMILES string of the molecule is C=CCCCN(C)C(=NCC1CC(C)N(Cc2ccccc2)C1)NCC. The number of hydrogen-bond donors (Lipinski definition) is 1. The maximum absolute atomic E-state index is 4.93. The molecule has 0 spiro atoms. The molecule has 1 saturated heterocycles. The first-order chi connectivity index (χ1) is 12.6. The fraction of sp³-hybridized carbons (Fsp3) is 0.591. The zero-order valence-corrected chi connectivity index (χ0v) is 16.8. The Labute approximate surface area is 160 Å². The number of nitrogens with zero attached hydrogens (tertiary/aromatic N) is 3. The quantitative estimate of drug-likeness (QED) is 0.316. The van der Waals surface area contributed by atoms with E-state index < -0.39 is 0 Å². The number of allylic oxidation sites excluding steroid dienone is 1. The zero-order chi connectivity index (χ0) is 18.8. The lowest BCUT2D eigenvalue weighted by molar-refractivity contribution is 0.256. The minimum Gasteiger partial charge on any atom is -0.357 e. The van der Waals surface area contributed by atoms with Gasteiger partial charge in [-0.1, -0.05) is 36.4 Å². The van der Waals surface area contributed by atoms with E-state index >= 15 is 0 Å². The van der Waals surface area contributed by atoms with Crippen LogP contribution in [0.15, 0.2) is 48.0 Å². The Bertz CT molecular complexity index is 555. The molecule has 1 aliphatic rings. The van der Waals surface area contributed by atoms with Gasteiger partial charge in [-0.15, -0.1) is 6.58 Å². The molecule has 4 heteroatoms. The van der Waals surface area contributed by atoms with E-state index in [0.717, 1.165) is 51.5 Å². The van der Waals surface area contributed by atoms with Gasteiger partial charge in [0.25, 0.3) is 0 Å². The fourth-order valence-electron chi connectivity index (χ4n) is 3.65. The molecule has 144 valence electrons. The van der Waals surface area contributed by atoms with Crippen LogP contribution in [0.3, 0.4) is 0 Å². The number of unbranched alkanes of at least 4 members (excludes halogenated alkanes) is 1. The Morgan fingerprint density at radius 1 is 1.38 bits per heavy atom. The van der Waals surface area contributed by atoms with Crippen LogP contribution in [0.25, 0.3) is 0 Å². The molecule has 2 unspecified atom stereocenters. The minimum atomic E-state index is 0.628. The maximum Gasteiger partial charge on any atom is 0.193 e. The van der Waals surface area contributed by atoms with Crippen molar-refractivity contribution in [2.45, 2.75) is 45.7 Å². The number of aliphatic imine (C=N–C) groups is 1. The van der Waals surface area contributed by atoms with Gasteiger partial charge in [-0.25, -0.2) is 0 Å². The first-order valence-corrected chi connectivity index (χ1v) is 10.0. The molecule has 0 amide bonds. The van der Waals surface area contributed by atoms with Crippen molar-refractivity contribution in [3.8, 4) is 0 Å². The number of rotatable bonds is 9. The molecule has 26 heavy (non-hydrogen) atoms. The second-order valence-electron chi connectivity index (χ2n) is 7.41. The Hall–Kier alpha value is -1.81. The van der Waals surface area contributed by atoms with Crippen molar-refractivity contribution in [1.82, 2.24) is 15.1 Å². The van der Waals surface area contributed by atoms with E-state index in [1.54, 1.807) is 0 Å². The van der Waals surface area contributed by atoms with Crippen LogP contribution in [0, 0.1) is 5.92 Å². The molecule has 0 saturated carbocycles. The van der Waals surface area contributed by atoms with E-state index in [4.69, 9.17) is 4.99 Å². The largest absolute Gasteiger partial charge is 0.357 e. The number of benzene rings is 1. The molecule has 4 nitrogen and oxygen atoms in total. The highest BCUT2D eigenvalue weighted by Crippen LogP contribution is 2.25. The van der Waals surface area contributed by atoms with Crippen molar-refractivity contribution in [2.24, 2.45) is 10.9 Å². The second kappa shape index (κ2) is 11.0. The minimum absolute atomic E-state index is 0.628. The number of guanidine groups is 1. The van der Waals surface area contributed by atoms with E-state index in [1.807, 2.05) is 6.08 Å². The summed E-state index contributed by atoms with van der Waals surface area (Å²) in [4.78, 5) is 9.77. The average Bonchev–Trinajstić information content (AvgIpc) is 2.99. The lowest BCUT2D eigenvalue weighted by atomic mass is 10.1. The molecule has 2 rings (SSSR count). The van der Waals surface area contributed by atoms with Gasteiger partial charge in [0, 0.05) is 45.8 Å². The van der Waals surface area contributed by atoms with Crippen LogP contribution in [0.2, 0.25) is 0 Å². The Morgan fingerprint density at radius 3 is 2.85 bits per heavy atom. The van der Waals surface area contributed by atoms with Crippen LogP contribution in [-0.2, 0) is 6.54 Å². The van der Waals surface area contributed by atoms with Crippen LogP contribution in [-0.4, -0.2) is 55.0 Å². The van der Waals surface area contributed by atoms with Crippen LogP contribution in [0.5, 0.6) is 0 Å². The van der Waals surface area contributed by atoms with Gasteiger partial charge >= 0.3 is 0 Å². The van der Waals surface area contributed by atoms with Crippen molar-refractivity contribution < 1.29 is 0 Å². The molecule has 1 aromatic carbocycles. The van der Waals surface area contributed by atoms with Gasteiger partial charge in [-0.05, 0) is 44.6 Å². The summed E-state index contributed by atoms with van der Waals surface area (Å²) in [7, 11) is 2.13. The van der Waals surface area contributed by atoms with Gasteiger partial charge < -0.3 is 10.2 Å². The van der Waals surface area contributed by atoms with Gasteiger partial charge in [0.05, 0.1) is 0 Å². The van der Waals surface area contributed by atoms with Crippen molar-refractivity contribution in [2.75, 3.05) is 33.2 Å². The molecule has 1 N–H and O–H groups in total. The van der Waals surface area contributed by atoms with Gasteiger partial charge in [0.15, 0.2) is 5.96 Å². The predicted octanol–water partition coefficient (Wildman–Crippen LogP) is 3.76. The molecular formula is C22H36N4. The Balaban J connectivity index is 1.87. The molecule has 2 atom stereocenters. The summed E-state index contributed by atoms with van der Waals surface area (Å²) < 4.78 is 0. The summed E-state index contributed by atoms with van der Waals surface area (Å²) in [6.45, 7) is 13.3. The highest BCUT2D eigenvalue weighted by molar-refractivity contribution is 5.79. The van der Waals surface area contributed by atoms with Crippen LogP contribution >= 0.6 is 0 Å². The highest BCUT2D eigenvalue weighted by Gasteiger charge is 2.28. The van der Waals surface area contributed by atoms with E-state index in [0.29, 0.717) is 12.0 Å². The van der Waals surface area contributed by atoms with Crippen molar-refractivity contribution in [1.29, 1.82) is 0 Å². The van der Waals surface area contributed by atoms with Gasteiger partial charge in [-0.2, -0.15) is 0 Å². The van der Waals surface area contributed by atoms with Crippen LogP contribution < -0.4 is 5.32 Å². The molecule has 0 radical (unpaired) electrons. The third kappa shape index (κ3) is 6.49. The topological polar surface area (TPSA) is 30.9 Å². The van der Waals surface area contributed by atoms with E-state index in [1.165, 1.54) is 12.0 Å². The molecule has 0 aromatic heterocycles. The molecular weight excluding hydrogens is 320 g/mol. The molecule has 1 aliphatic heterocycles. The first kappa shape index (κ1) is 20.5. The average molecular weight is 357 g/mol. The number of likely N-dealkylation sites (tertiary alicyclic amines) is 1. The zero-order valence-electron chi connectivity index (χ0n) is 16.8. The Morgan fingerprint density at radius 2 is 2.15 bits per heavy atom. The van der Waals surface area contributed by atoms with Crippen molar-refractivity contribution >= 4 is 5.96 Å². The molecule has 0 aliphatic carbocycles. The summed E-state index contributed by atoms with van der Waals surface area (Å²) in [5.74, 6) is 1.68. The molecule has 1 aromatic rings. The van der Waals surface area contributed by atoms with Gasteiger partial charge in [0.2, 0.25) is 0 Å². The van der Waals surface area contributed by atoms with E-state index in [2.05, 4.69) is 72.9 Å². The Kier molecular flexibility index (Phi) is 8.69. The third-order valence-corrected chi connectivity index (χ3v) is 5.12. The fourth-order valence-corrected chi connectivity index (χ4v) is 3.65. The monoisotopic (exact) mass is 356 g/mol.